The molecule has 1 aliphatic heterocycles. The third-order valence-electron chi connectivity index (χ3n) is 3.18. The Balaban J connectivity index is 2.57. The van der Waals surface area contributed by atoms with Crippen molar-refractivity contribution in [2.45, 2.75) is 31.3 Å². The average Bonchev–Trinajstić information content (AvgIpc) is 2.61. The fourth-order valence-electron chi connectivity index (χ4n) is 2.52. The molecule has 1 amide bonds. The van der Waals surface area contributed by atoms with Crippen LogP contribution in [-0.2, 0) is 4.79 Å². The van der Waals surface area contributed by atoms with Gasteiger partial charge in [-0.2, -0.15) is 0 Å². The van der Waals surface area contributed by atoms with Crippen molar-refractivity contribution in [3.05, 3.63) is 0 Å². The fourth-order valence-corrected chi connectivity index (χ4v) is 2.52. The summed E-state index contributed by atoms with van der Waals surface area (Å²) in [5, 5.41) is 0. The third kappa shape index (κ3) is 3.73. The second-order valence-electron chi connectivity index (χ2n) is 4.86. The van der Waals surface area contributed by atoms with Crippen LogP contribution in [0.2, 0.25) is 0 Å². The van der Waals surface area contributed by atoms with Gasteiger partial charge in [0.15, 0.2) is 0 Å². The number of carbonyl (C=O) groups is 1. The fraction of sp³-hybridized carbons (Fsp3) is 0.909. The minimum atomic E-state index is -0.258. The average molecular weight is 228 g/mol. The van der Waals surface area contributed by atoms with Gasteiger partial charge in [-0.3, -0.25) is 9.69 Å². The summed E-state index contributed by atoms with van der Waals surface area (Å²) >= 11 is 0. The first-order valence-corrected chi connectivity index (χ1v) is 5.93. The molecule has 0 aromatic carbocycles. The maximum Gasteiger partial charge on any atom is 0.219 e. The first kappa shape index (κ1) is 13.4. The molecule has 1 heterocycles. The highest BCUT2D eigenvalue weighted by molar-refractivity contribution is 5.74. The molecule has 0 aromatic rings. The molecule has 2 unspecified atom stereocenters. The quantitative estimate of drug-likeness (QED) is 0.625. The van der Waals surface area contributed by atoms with Crippen molar-refractivity contribution in [1.82, 2.24) is 9.80 Å². The molecule has 0 aromatic heterocycles. The van der Waals surface area contributed by atoms with E-state index < -0.39 is 0 Å². The van der Waals surface area contributed by atoms with E-state index in [0.717, 1.165) is 13.1 Å². The Morgan fingerprint density at radius 1 is 1.56 bits per heavy atom. The van der Waals surface area contributed by atoms with Crippen molar-refractivity contribution in [3.8, 4) is 0 Å². The van der Waals surface area contributed by atoms with E-state index >= 15 is 0 Å². The topological polar surface area (TPSA) is 75.6 Å². The van der Waals surface area contributed by atoms with Gasteiger partial charge < -0.3 is 16.4 Å². The number of likely N-dealkylation sites (tertiary alicyclic amines) is 1. The lowest BCUT2D eigenvalue weighted by Gasteiger charge is -2.33. The minimum Gasteiger partial charge on any atom is -0.370 e. The number of primary amides is 1. The van der Waals surface area contributed by atoms with Crippen LogP contribution < -0.4 is 11.5 Å². The summed E-state index contributed by atoms with van der Waals surface area (Å²) in [6.07, 6.45) is 2.75. The van der Waals surface area contributed by atoms with Gasteiger partial charge in [0, 0.05) is 31.6 Å². The smallest absolute Gasteiger partial charge is 0.219 e. The van der Waals surface area contributed by atoms with Crippen LogP contribution in [0, 0.1) is 0 Å². The largest absolute Gasteiger partial charge is 0.370 e. The summed E-state index contributed by atoms with van der Waals surface area (Å²) in [5.74, 6) is -0.258. The molecule has 1 fully saturated rings. The molecule has 0 radical (unpaired) electrons. The summed E-state index contributed by atoms with van der Waals surface area (Å²) < 4.78 is 0. The summed E-state index contributed by atoms with van der Waals surface area (Å²) in [4.78, 5) is 15.5. The molecular weight excluding hydrogens is 204 g/mol. The Kier molecular flexibility index (Phi) is 5.18. The maximum absolute atomic E-state index is 11.0. The first-order valence-electron chi connectivity index (χ1n) is 5.93. The van der Waals surface area contributed by atoms with Gasteiger partial charge in [-0.05, 0) is 33.5 Å². The van der Waals surface area contributed by atoms with Crippen molar-refractivity contribution in [1.29, 1.82) is 0 Å². The van der Waals surface area contributed by atoms with E-state index in [0.29, 0.717) is 19.0 Å². The number of amides is 1. The molecule has 1 rings (SSSR count). The molecule has 5 nitrogen and oxygen atoms in total. The van der Waals surface area contributed by atoms with Crippen LogP contribution in [0.1, 0.15) is 19.3 Å². The number of likely N-dealkylation sites (N-methyl/N-ethyl adjacent to an activating group) is 1. The highest BCUT2D eigenvalue weighted by Crippen LogP contribution is 2.21. The molecule has 4 N–H and O–H groups in total. The van der Waals surface area contributed by atoms with Crippen molar-refractivity contribution in [2.75, 3.05) is 33.7 Å². The molecule has 1 aliphatic rings. The van der Waals surface area contributed by atoms with Crippen LogP contribution >= 0.6 is 0 Å². The maximum atomic E-state index is 11.0. The van der Waals surface area contributed by atoms with Gasteiger partial charge in [-0.15, -0.1) is 0 Å². The van der Waals surface area contributed by atoms with E-state index in [-0.39, 0.29) is 11.9 Å². The van der Waals surface area contributed by atoms with Crippen molar-refractivity contribution in [2.24, 2.45) is 11.5 Å². The standard InChI is InChI=1S/C11H24N4O/c1-14(2)8-9-4-3-5-15(9)10(7-12)6-11(13)16/h9-10H,3-8,12H2,1-2H3,(H2,13,16). The van der Waals surface area contributed by atoms with Crippen molar-refractivity contribution >= 4 is 5.91 Å². The van der Waals surface area contributed by atoms with E-state index in [1.807, 2.05) is 0 Å². The van der Waals surface area contributed by atoms with E-state index in [9.17, 15) is 4.79 Å². The summed E-state index contributed by atoms with van der Waals surface area (Å²) in [7, 11) is 4.14. The van der Waals surface area contributed by atoms with Crippen LogP contribution in [0.15, 0.2) is 0 Å². The third-order valence-corrected chi connectivity index (χ3v) is 3.18. The normalized spacial score (nSPS) is 23.9. The lowest BCUT2D eigenvalue weighted by Crippen LogP contribution is -2.48. The lowest BCUT2D eigenvalue weighted by molar-refractivity contribution is -0.119. The highest BCUT2D eigenvalue weighted by atomic mass is 16.1. The molecule has 94 valence electrons. The summed E-state index contributed by atoms with van der Waals surface area (Å²) in [6.45, 7) is 2.57. The second-order valence-corrected chi connectivity index (χ2v) is 4.86. The Morgan fingerprint density at radius 3 is 2.75 bits per heavy atom. The van der Waals surface area contributed by atoms with Crippen molar-refractivity contribution < 1.29 is 4.79 Å². The highest BCUT2D eigenvalue weighted by Gasteiger charge is 2.30. The molecule has 0 spiro atoms. The van der Waals surface area contributed by atoms with Crippen LogP contribution in [0.4, 0.5) is 0 Å². The Labute approximate surface area is 97.7 Å². The number of carbonyl (C=O) groups excluding carboxylic acids is 1. The van der Waals surface area contributed by atoms with Gasteiger partial charge in [-0.25, -0.2) is 0 Å². The van der Waals surface area contributed by atoms with Gasteiger partial charge in [0.1, 0.15) is 0 Å². The molecule has 0 aliphatic carbocycles. The Hall–Kier alpha value is -0.650. The summed E-state index contributed by atoms with van der Waals surface area (Å²) in [6, 6.07) is 0.632. The summed E-state index contributed by atoms with van der Waals surface area (Å²) in [5.41, 5.74) is 11.0. The second kappa shape index (κ2) is 6.18. The van der Waals surface area contributed by atoms with Gasteiger partial charge in [-0.1, -0.05) is 0 Å². The van der Waals surface area contributed by atoms with E-state index in [1.54, 1.807) is 0 Å². The number of hydrogen-bond donors (Lipinski definition) is 2. The number of rotatable bonds is 6. The van der Waals surface area contributed by atoms with Gasteiger partial charge >= 0.3 is 0 Å². The molecular formula is C11H24N4O. The molecule has 2 atom stereocenters. The Bertz CT molecular complexity index is 232. The van der Waals surface area contributed by atoms with Crippen LogP contribution in [0.25, 0.3) is 0 Å². The van der Waals surface area contributed by atoms with Crippen LogP contribution in [0.3, 0.4) is 0 Å². The zero-order chi connectivity index (χ0) is 12.1. The number of nitrogens with two attached hydrogens (primary N) is 2. The van der Waals surface area contributed by atoms with E-state index in [2.05, 4.69) is 23.9 Å². The SMILES string of the molecule is CN(C)CC1CCCN1C(CN)CC(N)=O. The zero-order valence-corrected chi connectivity index (χ0v) is 10.4. The van der Waals surface area contributed by atoms with Gasteiger partial charge in [0.05, 0.1) is 0 Å². The van der Waals surface area contributed by atoms with Crippen molar-refractivity contribution in [3.63, 3.8) is 0 Å². The minimum absolute atomic E-state index is 0.116. The lowest BCUT2D eigenvalue weighted by atomic mass is 10.1. The molecule has 0 saturated carbocycles. The van der Waals surface area contributed by atoms with Gasteiger partial charge in [0.25, 0.3) is 0 Å². The monoisotopic (exact) mass is 228 g/mol. The Morgan fingerprint density at radius 2 is 2.25 bits per heavy atom. The molecule has 16 heavy (non-hydrogen) atoms. The zero-order valence-electron chi connectivity index (χ0n) is 10.4. The van der Waals surface area contributed by atoms with Crippen LogP contribution in [-0.4, -0.2) is 61.5 Å². The van der Waals surface area contributed by atoms with Crippen LogP contribution in [0.5, 0.6) is 0 Å². The molecule has 0 bridgehead atoms. The molecule has 1 saturated heterocycles. The predicted molar refractivity (Wildman–Crippen MR) is 64.9 cm³/mol. The number of nitrogens with zero attached hydrogens (tertiary/aromatic N) is 2. The van der Waals surface area contributed by atoms with Gasteiger partial charge in [0.2, 0.25) is 5.91 Å². The van der Waals surface area contributed by atoms with E-state index in [4.69, 9.17) is 11.5 Å². The van der Waals surface area contributed by atoms with E-state index in [1.165, 1.54) is 12.8 Å². The molecule has 5 heteroatoms. The predicted octanol–water partition coefficient (Wildman–Crippen LogP) is -0.785. The first-order chi connectivity index (χ1) is 7.54. The number of hydrogen-bond acceptors (Lipinski definition) is 4.